The van der Waals surface area contributed by atoms with Crippen LogP contribution in [0.5, 0.6) is 0 Å². The predicted molar refractivity (Wildman–Crippen MR) is 74.1 cm³/mol. The SMILES string of the molecule is C=CCn1cc(CC(N)CC)c2ccccc21. The summed E-state index contributed by atoms with van der Waals surface area (Å²) >= 11 is 0. The Morgan fingerprint density at radius 1 is 1.41 bits per heavy atom. The Hall–Kier alpha value is -1.54. The van der Waals surface area contributed by atoms with Gasteiger partial charge in [0.1, 0.15) is 0 Å². The lowest BCUT2D eigenvalue weighted by Gasteiger charge is -2.06. The van der Waals surface area contributed by atoms with Crippen LogP contribution in [0.2, 0.25) is 0 Å². The van der Waals surface area contributed by atoms with Crippen LogP contribution in [0.15, 0.2) is 43.1 Å². The molecule has 2 heteroatoms. The molecule has 0 radical (unpaired) electrons. The van der Waals surface area contributed by atoms with Crippen molar-refractivity contribution in [2.24, 2.45) is 5.73 Å². The number of hydrogen-bond acceptors (Lipinski definition) is 1. The van der Waals surface area contributed by atoms with Gasteiger partial charge in [-0.3, -0.25) is 0 Å². The molecule has 0 amide bonds. The third kappa shape index (κ3) is 2.42. The number of fused-ring (bicyclic) bond motifs is 1. The van der Waals surface area contributed by atoms with Gasteiger partial charge in [0.2, 0.25) is 0 Å². The Bertz CT molecular complexity index is 511. The van der Waals surface area contributed by atoms with E-state index in [1.165, 1.54) is 16.5 Å². The fourth-order valence-electron chi connectivity index (χ4n) is 2.20. The molecule has 2 rings (SSSR count). The van der Waals surface area contributed by atoms with E-state index in [1.54, 1.807) is 0 Å². The van der Waals surface area contributed by atoms with Crippen molar-refractivity contribution in [3.05, 3.63) is 48.7 Å². The molecule has 0 saturated carbocycles. The standard InChI is InChI=1S/C15H20N2/c1-3-9-17-11-12(10-13(16)4-2)14-7-5-6-8-15(14)17/h3,5-8,11,13H,1,4,9-10,16H2,2H3. The van der Waals surface area contributed by atoms with E-state index in [4.69, 9.17) is 5.73 Å². The van der Waals surface area contributed by atoms with Crippen molar-refractivity contribution in [3.8, 4) is 0 Å². The minimum atomic E-state index is 0.248. The maximum absolute atomic E-state index is 6.05. The summed E-state index contributed by atoms with van der Waals surface area (Å²) in [4.78, 5) is 0. The van der Waals surface area contributed by atoms with Crippen molar-refractivity contribution < 1.29 is 0 Å². The fraction of sp³-hybridized carbons (Fsp3) is 0.333. The normalized spacial score (nSPS) is 12.8. The van der Waals surface area contributed by atoms with E-state index in [1.807, 2.05) is 6.08 Å². The van der Waals surface area contributed by atoms with E-state index in [0.717, 1.165) is 19.4 Å². The first-order valence-corrected chi connectivity index (χ1v) is 6.19. The second-order valence-electron chi connectivity index (χ2n) is 4.48. The van der Waals surface area contributed by atoms with Gasteiger partial charge in [-0.15, -0.1) is 6.58 Å². The molecule has 2 nitrogen and oxygen atoms in total. The first-order valence-electron chi connectivity index (χ1n) is 6.19. The summed E-state index contributed by atoms with van der Waals surface area (Å²) in [5.41, 5.74) is 8.66. The fourth-order valence-corrected chi connectivity index (χ4v) is 2.20. The first-order chi connectivity index (χ1) is 8.26. The third-order valence-electron chi connectivity index (χ3n) is 3.20. The number of benzene rings is 1. The van der Waals surface area contributed by atoms with E-state index in [9.17, 15) is 0 Å². The van der Waals surface area contributed by atoms with Crippen molar-refractivity contribution in [3.63, 3.8) is 0 Å². The largest absolute Gasteiger partial charge is 0.343 e. The molecule has 0 aliphatic carbocycles. The van der Waals surface area contributed by atoms with Crippen LogP contribution in [0.4, 0.5) is 0 Å². The van der Waals surface area contributed by atoms with Gasteiger partial charge in [-0.1, -0.05) is 31.2 Å². The summed E-state index contributed by atoms with van der Waals surface area (Å²) in [6.07, 6.45) is 6.10. The highest BCUT2D eigenvalue weighted by atomic mass is 14.9. The minimum Gasteiger partial charge on any atom is -0.343 e. The van der Waals surface area contributed by atoms with Crippen molar-refractivity contribution in [2.75, 3.05) is 0 Å². The molecule has 1 unspecified atom stereocenters. The molecule has 1 atom stereocenters. The van der Waals surface area contributed by atoms with E-state index < -0.39 is 0 Å². The van der Waals surface area contributed by atoms with Crippen LogP contribution in [0.3, 0.4) is 0 Å². The van der Waals surface area contributed by atoms with Crippen LogP contribution < -0.4 is 5.73 Å². The van der Waals surface area contributed by atoms with Gasteiger partial charge in [0.25, 0.3) is 0 Å². The van der Waals surface area contributed by atoms with Gasteiger partial charge < -0.3 is 10.3 Å². The zero-order valence-corrected chi connectivity index (χ0v) is 10.4. The van der Waals surface area contributed by atoms with Gasteiger partial charge >= 0.3 is 0 Å². The number of aromatic nitrogens is 1. The van der Waals surface area contributed by atoms with Crippen LogP contribution in [-0.2, 0) is 13.0 Å². The monoisotopic (exact) mass is 228 g/mol. The van der Waals surface area contributed by atoms with E-state index in [2.05, 4.69) is 48.5 Å². The molecular weight excluding hydrogens is 208 g/mol. The van der Waals surface area contributed by atoms with E-state index in [-0.39, 0.29) is 6.04 Å². The highest BCUT2D eigenvalue weighted by Gasteiger charge is 2.09. The predicted octanol–water partition coefficient (Wildman–Crippen LogP) is 3.11. The van der Waals surface area contributed by atoms with Crippen LogP contribution >= 0.6 is 0 Å². The third-order valence-corrected chi connectivity index (χ3v) is 3.20. The van der Waals surface area contributed by atoms with Crippen LogP contribution in [0.1, 0.15) is 18.9 Å². The Labute approximate surface area is 103 Å². The Balaban J connectivity index is 2.44. The van der Waals surface area contributed by atoms with Crippen molar-refractivity contribution >= 4 is 10.9 Å². The Morgan fingerprint density at radius 2 is 2.18 bits per heavy atom. The second-order valence-corrected chi connectivity index (χ2v) is 4.48. The van der Waals surface area contributed by atoms with Crippen LogP contribution in [0, 0.1) is 0 Å². The number of rotatable bonds is 5. The van der Waals surface area contributed by atoms with Crippen LogP contribution in [-0.4, -0.2) is 10.6 Å². The minimum absolute atomic E-state index is 0.248. The molecule has 0 aliphatic rings. The molecule has 90 valence electrons. The second kappa shape index (κ2) is 5.19. The smallest absolute Gasteiger partial charge is 0.0486 e. The molecule has 0 bridgehead atoms. The van der Waals surface area contributed by atoms with Gasteiger partial charge in [-0.05, 0) is 24.5 Å². The summed E-state index contributed by atoms with van der Waals surface area (Å²) in [5.74, 6) is 0. The number of hydrogen-bond donors (Lipinski definition) is 1. The average Bonchev–Trinajstić information content (AvgIpc) is 2.69. The molecule has 1 heterocycles. The summed E-state index contributed by atoms with van der Waals surface area (Å²) < 4.78 is 2.24. The lowest BCUT2D eigenvalue weighted by atomic mass is 10.0. The van der Waals surface area contributed by atoms with Gasteiger partial charge in [-0.2, -0.15) is 0 Å². The molecule has 1 aromatic heterocycles. The lowest BCUT2D eigenvalue weighted by Crippen LogP contribution is -2.21. The van der Waals surface area contributed by atoms with Gasteiger partial charge in [-0.25, -0.2) is 0 Å². The van der Waals surface area contributed by atoms with Crippen molar-refractivity contribution in [1.82, 2.24) is 4.57 Å². The zero-order chi connectivity index (χ0) is 12.3. The lowest BCUT2D eigenvalue weighted by molar-refractivity contribution is 0.647. The summed E-state index contributed by atoms with van der Waals surface area (Å²) in [5, 5.41) is 1.32. The maximum atomic E-state index is 6.05. The number of allylic oxidation sites excluding steroid dienone is 1. The molecule has 0 spiro atoms. The molecule has 1 aromatic carbocycles. The maximum Gasteiger partial charge on any atom is 0.0486 e. The first kappa shape index (κ1) is 11.9. The van der Waals surface area contributed by atoms with Gasteiger partial charge in [0, 0.05) is 29.7 Å². The van der Waals surface area contributed by atoms with Gasteiger partial charge in [0.15, 0.2) is 0 Å². The molecule has 17 heavy (non-hydrogen) atoms. The quantitative estimate of drug-likeness (QED) is 0.783. The molecule has 0 fully saturated rings. The number of para-hydroxylation sites is 1. The number of nitrogens with zero attached hydrogens (tertiary/aromatic N) is 1. The van der Waals surface area contributed by atoms with E-state index >= 15 is 0 Å². The zero-order valence-electron chi connectivity index (χ0n) is 10.4. The van der Waals surface area contributed by atoms with E-state index in [0.29, 0.717) is 0 Å². The summed E-state index contributed by atoms with van der Waals surface area (Å²) in [7, 11) is 0. The molecule has 2 N–H and O–H groups in total. The summed E-state index contributed by atoms with van der Waals surface area (Å²) in [6.45, 7) is 6.79. The molecule has 0 aliphatic heterocycles. The topological polar surface area (TPSA) is 30.9 Å². The average molecular weight is 228 g/mol. The van der Waals surface area contributed by atoms with Crippen molar-refractivity contribution in [1.29, 1.82) is 0 Å². The van der Waals surface area contributed by atoms with Crippen molar-refractivity contribution in [2.45, 2.75) is 32.4 Å². The Kier molecular flexibility index (Phi) is 3.64. The number of nitrogens with two attached hydrogens (primary N) is 1. The molecular formula is C15H20N2. The van der Waals surface area contributed by atoms with Crippen LogP contribution in [0.25, 0.3) is 10.9 Å². The van der Waals surface area contributed by atoms with Gasteiger partial charge in [0.05, 0.1) is 0 Å². The molecule has 0 saturated heterocycles. The molecule has 2 aromatic rings. The Morgan fingerprint density at radius 3 is 2.88 bits per heavy atom. The summed E-state index contributed by atoms with van der Waals surface area (Å²) in [6, 6.07) is 8.73. The highest BCUT2D eigenvalue weighted by molar-refractivity contribution is 5.84. The highest BCUT2D eigenvalue weighted by Crippen LogP contribution is 2.22.